The Morgan fingerprint density at radius 3 is 2.45 bits per heavy atom. The monoisotopic (exact) mass is 452 g/mol. The molecule has 33 heavy (non-hydrogen) atoms. The van der Waals surface area contributed by atoms with Crippen LogP contribution in [0.4, 0.5) is 0 Å². The normalized spacial score (nSPS) is 22.9. The third-order valence-electron chi connectivity index (χ3n) is 5.87. The van der Waals surface area contributed by atoms with Crippen molar-refractivity contribution in [1.29, 1.82) is 0 Å². The number of benzene rings is 2. The zero-order valence-corrected chi connectivity index (χ0v) is 19.8. The van der Waals surface area contributed by atoms with Gasteiger partial charge in [0.25, 0.3) is 5.91 Å². The van der Waals surface area contributed by atoms with Crippen molar-refractivity contribution in [1.82, 2.24) is 10.2 Å². The highest BCUT2D eigenvalue weighted by Crippen LogP contribution is 2.32. The van der Waals surface area contributed by atoms with E-state index in [2.05, 4.69) is 5.32 Å². The SMILES string of the molecule is COc1ccc([C@H]2C/C=C\C[C@@H](C)Oc3ccccc3C(=O)N(C)[C@H](C)C(=O)N2)c(OC)c1. The smallest absolute Gasteiger partial charge is 0.258 e. The van der Waals surface area contributed by atoms with Crippen molar-refractivity contribution in [3.8, 4) is 17.2 Å². The third kappa shape index (κ3) is 5.66. The molecule has 3 rings (SSSR count). The van der Waals surface area contributed by atoms with E-state index in [1.807, 2.05) is 37.3 Å². The lowest BCUT2D eigenvalue weighted by Gasteiger charge is -2.28. The number of methoxy groups -OCH3 is 2. The molecule has 2 amide bonds. The Morgan fingerprint density at radius 2 is 1.73 bits per heavy atom. The number of fused-ring (bicyclic) bond motifs is 1. The molecule has 0 unspecified atom stereocenters. The van der Waals surface area contributed by atoms with Crippen LogP contribution in [0, 0.1) is 0 Å². The number of hydrogen-bond donors (Lipinski definition) is 1. The topological polar surface area (TPSA) is 77.1 Å². The van der Waals surface area contributed by atoms with E-state index in [1.165, 1.54) is 4.90 Å². The van der Waals surface area contributed by atoms with Gasteiger partial charge in [0.1, 0.15) is 23.3 Å². The van der Waals surface area contributed by atoms with E-state index in [0.29, 0.717) is 35.7 Å². The lowest BCUT2D eigenvalue weighted by atomic mass is 10.0. The minimum Gasteiger partial charge on any atom is -0.497 e. The van der Waals surface area contributed by atoms with Crippen molar-refractivity contribution in [3.05, 3.63) is 65.7 Å². The Labute approximate surface area is 195 Å². The largest absolute Gasteiger partial charge is 0.497 e. The van der Waals surface area contributed by atoms with Crippen LogP contribution in [-0.4, -0.2) is 50.1 Å². The van der Waals surface area contributed by atoms with Crippen molar-refractivity contribution < 1.29 is 23.8 Å². The predicted octanol–water partition coefficient (Wildman–Crippen LogP) is 4.14. The highest BCUT2D eigenvalue weighted by molar-refractivity contribution is 5.99. The Balaban J connectivity index is 1.96. The number of para-hydroxylation sites is 1. The fourth-order valence-electron chi connectivity index (χ4n) is 3.74. The number of amides is 2. The Hall–Kier alpha value is -3.48. The summed E-state index contributed by atoms with van der Waals surface area (Å²) >= 11 is 0. The first kappa shape index (κ1) is 24.2. The Bertz CT molecular complexity index is 1020. The second-order valence-electron chi connectivity index (χ2n) is 8.13. The van der Waals surface area contributed by atoms with Crippen molar-refractivity contribution in [2.75, 3.05) is 21.3 Å². The van der Waals surface area contributed by atoms with Gasteiger partial charge in [-0.3, -0.25) is 9.59 Å². The fourth-order valence-corrected chi connectivity index (χ4v) is 3.74. The van der Waals surface area contributed by atoms with Crippen LogP contribution in [0.25, 0.3) is 0 Å². The molecule has 0 saturated carbocycles. The fraction of sp³-hybridized carbons (Fsp3) is 0.385. The summed E-state index contributed by atoms with van der Waals surface area (Å²) < 4.78 is 16.9. The van der Waals surface area contributed by atoms with Gasteiger partial charge in [0.2, 0.25) is 5.91 Å². The summed E-state index contributed by atoms with van der Waals surface area (Å²) in [6, 6.07) is 11.6. The van der Waals surface area contributed by atoms with Gasteiger partial charge in [-0.1, -0.05) is 24.3 Å². The number of nitrogens with one attached hydrogen (secondary N) is 1. The van der Waals surface area contributed by atoms with Crippen LogP contribution in [0.1, 0.15) is 48.7 Å². The maximum absolute atomic E-state index is 13.2. The second-order valence-corrected chi connectivity index (χ2v) is 8.13. The van der Waals surface area contributed by atoms with E-state index in [1.54, 1.807) is 52.5 Å². The maximum Gasteiger partial charge on any atom is 0.258 e. The zero-order chi connectivity index (χ0) is 24.0. The molecule has 7 heteroatoms. The van der Waals surface area contributed by atoms with E-state index in [4.69, 9.17) is 14.2 Å². The van der Waals surface area contributed by atoms with Gasteiger partial charge in [-0.15, -0.1) is 0 Å². The lowest BCUT2D eigenvalue weighted by Crippen LogP contribution is -2.47. The predicted molar refractivity (Wildman–Crippen MR) is 127 cm³/mol. The van der Waals surface area contributed by atoms with Crippen LogP contribution in [-0.2, 0) is 4.79 Å². The van der Waals surface area contributed by atoms with E-state index < -0.39 is 6.04 Å². The minimum atomic E-state index is -0.693. The lowest BCUT2D eigenvalue weighted by molar-refractivity contribution is -0.125. The van der Waals surface area contributed by atoms with Crippen molar-refractivity contribution >= 4 is 11.8 Å². The number of carbonyl (C=O) groups is 2. The van der Waals surface area contributed by atoms with E-state index in [0.717, 1.165) is 5.56 Å². The summed E-state index contributed by atoms with van der Waals surface area (Å²) in [5, 5.41) is 3.10. The number of hydrogen-bond acceptors (Lipinski definition) is 5. The molecule has 0 radical (unpaired) electrons. The molecule has 2 aromatic rings. The number of carbonyl (C=O) groups excluding carboxylic acids is 2. The first-order valence-corrected chi connectivity index (χ1v) is 11.1. The molecular formula is C26H32N2O5. The number of rotatable bonds is 3. The molecular weight excluding hydrogens is 420 g/mol. The minimum absolute atomic E-state index is 0.121. The standard InChI is InChI=1S/C26H32N2O5/c1-17-10-6-8-12-22(20-15-14-19(31-4)16-24(20)32-5)27-25(29)18(2)28(3)26(30)21-11-7-9-13-23(21)33-17/h6-9,11,13-18,22H,10,12H2,1-5H3,(H,27,29)/b8-6-/t17-,18-,22-/m1/s1. The first-order chi connectivity index (χ1) is 15.8. The Kier molecular flexibility index (Phi) is 7.98. The molecule has 0 bridgehead atoms. The van der Waals surface area contributed by atoms with Gasteiger partial charge in [0.05, 0.1) is 31.9 Å². The summed E-state index contributed by atoms with van der Waals surface area (Å²) in [5.74, 6) is 1.27. The quantitative estimate of drug-likeness (QED) is 0.709. The Morgan fingerprint density at radius 1 is 1.00 bits per heavy atom. The summed E-state index contributed by atoms with van der Waals surface area (Å²) in [6.45, 7) is 3.68. The molecule has 0 saturated heterocycles. The molecule has 2 aromatic carbocycles. The molecule has 1 heterocycles. The molecule has 0 aliphatic carbocycles. The van der Waals surface area contributed by atoms with Crippen LogP contribution in [0.5, 0.6) is 17.2 Å². The van der Waals surface area contributed by atoms with Crippen LogP contribution < -0.4 is 19.5 Å². The number of likely N-dealkylation sites (N-methyl/N-ethyl adjacent to an activating group) is 1. The molecule has 1 N–H and O–H groups in total. The average Bonchev–Trinajstić information content (AvgIpc) is 2.83. The summed E-state index contributed by atoms with van der Waals surface area (Å²) in [4.78, 5) is 27.8. The summed E-state index contributed by atoms with van der Waals surface area (Å²) in [6.07, 6.45) is 5.17. The highest BCUT2D eigenvalue weighted by atomic mass is 16.5. The summed E-state index contributed by atoms with van der Waals surface area (Å²) in [7, 11) is 4.81. The van der Waals surface area contributed by atoms with Crippen molar-refractivity contribution in [3.63, 3.8) is 0 Å². The first-order valence-electron chi connectivity index (χ1n) is 11.1. The van der Waals surface area contributed by atoms with Gasteiger partial charge in [-0.2, -0.15) is 0 Å². The molecule has 3 atom stereocenters. The van der Waals surface area contributed by atoms with Gasteiger partial charge in [0, 0.05) is 25.1 Å². The summed E-state index contributed by atoms with van der Waals surface area (Å²) in [5.41, 5.74) is 1.26. The molecule has 176 valence electrons. The van der Waals surface area contributed by atoms with Gasteiger partial charge in [-0.25, -0.2) is 0 Å². The molecule has 1 aliphatic rings. The van der Waals surface area contributed by atoms with Crippen LogP contribution >= 0.6 is 0 Å². The maximum atomic E-state index is 13.2. The highest BCUT2D eigenvalue weighted by Gasteiger charge is 2.28. The second kappa shape index (κ2) is 10.9. The van der Waals surface area contributed by atoms with Crippen LogP contribution in [0.2, 0.25) is 0 Å². The van der Waals surface area contributed by atoms with Crippen molar-refractivity contribution in [2.45, 2.75) is 44.9 Å². The zero-order valence-electron chi connectivity index (χ0n) is 19.8. The molecule has 0 aromatic heterocycles. The van der Waals surface area contributed by atoms with Gasteiger partial charge in [0.15, 0.2) is 0 Å². The molecule has 0 spiro atoms. The van der Waals surface area contributed by atoms with Gasteiger partial charge < -0.3 is 24.4 Å². The number of ether oxygens (including phenoxy) is 3. The van der Waals surface area contributed by atoms with Gasteiger partial charge >= 0.3 is 0 Å². The third-order valence-corrected chi connectivity index (χ3v) is 5.87. The molecule has 1 aliphatic heterocycles. The van der Waals surface area contributed by atoms with Crippen LogP contribution in [0.3, 0.4) is 0 Å². The van der Waals surface area contributed by atoms with E-state index in [-0.39, 0.29) is 24.0 Å². The van der Waals surface area contributed by atoms with E-state index in [9.17, 15) is 9.59 Å². The number of nitrogens with zero attached hydrogens (tertiary/aromatic N) is 1. The molecule has 0 fully saturated rings. The average molecular weight is 453 g/mol. The van der Waals surface area contributed by atoms with Crippen LogP contribution in [0.15, 0.2) is 54.6 Å². The molecule has 7 nitrogen and oxygen atoms in total. The van der Waals surface area contributed by atoms with E-state index >= 15 is 0 Å². The van der Waals surface area contributed by atoms with Gasteiger partial charge in [-0.05, 0) is 44.5 Å². The van der Waals surface area contributed by atoms with Crippen molar-refractivity contribution in [2.24, 2.45) is 0 Å².